The number of carbonyl (C=O) groups excluding carboxylic acids is 2. The number of nitriles is 2. The van der Waals surface area contributed by atoms with Crippen molar-refractivity contribution in [2.45, 2.75) is 38.9 Å². The van der Waals surface area contributed by atoms with E-state index in [9.17, 15) is 14.9 Å². The van der Waals surface area contributed by atoms with Crippen LogP contribution < -0.4 is 9.47 Å². The molecular weight excluding hydrogens is 920 g/mol. The van der Waals surface area contributed by atoms with E-state index in [0.717, 1.165) is 84.2 Å². The van der Waals surface area contributed by atoms with Crippen LogP contribution in [0.15, 0.2) is 181 Å². The number of hydrogen-bond acceptors (Lipinski definition) is 8. The van der Waals surface area contributed by atoms with Gasteiger partial charge in [0.1, 0.15) is 22.9 Å². The first kappa shape index (κ1) is 49.1. The molecule has 71 heavy (non-hydrogen) atoms. The summed E-state index contributed by atoms with van der Waals surface area (Å²) < 4.78 is 13.6. The number of allylic oxidation sites excluding steroid dienone is 4. The van der Waals surface area contributed by atoms with Gasteiger partial charge in [-0.2, -0.15) is 24.8 Å². The smallest absolute Gasteiger partial charge is 0.279 e. The summed E-state index contributed by atoms with van der Waals surface area (Å²) >= 11 is 6.37. The Balaban J connectivity index is 0.000000171. The summed E-state index contributed by atoms with van der Waals surface area (Å²) in [5.41, 5.74) is 15.7. The summed E-state index contributed by atoms with van der Waals surface area (Å²) in [7, 11) is 1.90. The van der Waals surface area contributed by atoms with Gasteiger partial charge in [-0.25, -0.2) is 5.26 Å². The quantitative estimate of drug-likeness (QED) is 0.0976. The van der Waals surface area contributed by atoms with Crippen molar-refractivity contribution in [3.63, 3.8) is 0 Å². The summed E-state index contributed by atoms with van der Waals surface area (Å²) in [5, 5.41) is 27.4. The highest BCUT2D eigenvalue weighted by molar-refractivity contribution is 6.83. The number of nitrogens with zero attached hydrogens (tertiary/aromatic N) is 6. The fourth-order valence-corrected chi connectivity index (χ4v) is 8.84. The van der Waals surface area contributed by atoms with E-state index in [-0.39, 0.29) is 24.1 Å². The van der Waals surface area contributed by atoms with Gasteiger partial charge in [0.25, 0.3) is 11.8 Å². The van der Waals surface area contributed by atoms with Crippen LogP contribution in [0.3, 0.4) is 0 Å². The molecule has 0 spiro atoms. The molecule has 10 nitrogen and oxygen atoms in total. The molecule has 0 radical (unpaired) electrons. The molecule has 2 aliphatic heterocycles. The van der Waals surface area contributed by atoms with Crippen LogP contribution in [0.4, 0.5) is 0 Å². The average molecular weight is 972 g/mol. The van der Waals surface area contributed by atoms with Gasteiger partial charge < -0.3 is 9.47 Å². The van der Waals surface area contributed by atoms with Crippen molar-refractivity contribution in [1.82, 2.24) is 19.6 Å². The van der Waals surface area contributed by atoms with Crippen molar-refractivity contribution < 1.29 is 19.1 Å². The van der Waals surface area contributed by atoms with Crippen molar-refractivity contribution in [1.29, 1.82) is 10.5 Å². The topological polar surface area (TPSA) is 136 Å². The van der Waals surface area contributed by atoms with E-state index < -0.39 is 8.07 Å². The fraction of sp³-hybridized carbons (Fsp3) is 0.153. The maximum atomic E-state index is 13.8. The van der Waals surface area contributed by atoms with Gasteiger partial charge in [0.15, 0.2) is 8.07 Å². The van der Waals surface area contributed by atoms with Crippen molar-refractivity contribution in [2.24, 2.45) is 0 Å². The number of carbonyl (C=O) groups is 2. The van der Waals surface area contributed by atoms with E-state index in [1.807, 2.05) is 177 Å². The highest BCUT2D eigenvalue weighted by atomic mass is 35.5. The minimum absolute atomic E-state index is 0.161. The van der Waals surface area contributed by atoms with Crippen LogP contribution in [0.2, 0.25) is 19.6 Å². The fourth-order valence-electron chi connectivity index (χ4n) is 8.61. The molecule has 0 aliphatic carbocycles. The van der Waals surface area contributed by atoms with Crippen LogP contribution in [0, 0.1) is 22.3 Å². The predicted molar refractivity (Wildman–Crippen MR) is 285 cm³/mol. The Kier molecular flexibility index (Phi) is 15.2. The number of benzene rings is 6. The van der Waals surface area contributed by atoms with Crippen molar-refractivity contribution in [3.05, 3.63) is 204 Å². The largest absolute Gasteiger partial charge is 0.497 e. The number of rotatable bonds is 10. The van der Waals surface area contributed by atoms with Crippen LogP contribution in [0.5, 0.6) is 11.5 Å². The van der Waals surface area contributed by atoms with Crippen molar-refractivity contribution >= 4 is 42.6 Å². The molecule has 0 unspecified atom stereocenters. The average Bonchev–Trinajstić information content (AvgIpc) is 4.00. The molecule has 0 saturated carbocycles. The first-order chi connectivity index (χ1) is 34.5. The molecule has 352 valence electrons. The number of ether oxygens (including phenoxy) is 2. The molecule has 2 aromatic heterocycles. The number of halogens is 1. The lowest BCUT2D eigenvalue weighted by molar-refractivity contribution is 0.0950. The van der Waals surface area contributed by atoms with Crippen LogP contribution in [0.1, 0.15) is 38.5 Å². The third-order valence-corrected chi connectivity index (χ3v) is 13.0. The van der Waals surface area contributed by atoms with Gasteiger partial charge in [-0.05, 0) is 57.7 Å². The lowest BCUT2D eigenvalue weighted by Crippen LogP contribution is -2.24. The standard InChI is InChI=1S/C28H21N3O2.C27H21ClN2O2.C4H9NSi/c1-33-23-14-12-20(13-15-23)25-22(16-17-29)18-24-26(19-8-4-2-5-9-19)27(30-31(24)28(25)32)21-10-6-3-7-11-21;1-32-22-14-12-19(13-15-22)24-21(17-28)16-23-25(18-8-4-2-5-9-18)26(29-30(23)27(24)31)20-10-6-3-7-11-20;1-6(2,3)4-5/h2-15H,16,18H2,1H3;2-15H,16-17H2,1H3;1-3H3. The molecule has 0 amide bonds. The first-order valence-corrected chi connectivity index (χ1v) is 27.1. The summed E-state index contributed by atoms with van der Waals surface area (Å²) in [6, 6.07) is 57.0. The van der Waals surface area contributed by atoms with Crippen molar-refractivity contribution in [2.75, 3.05) is 20.1 Å². The molecule has 4 heterocycles. The SMILES string of the molecule is COc1ccc(C2=C(CC#N)Cc3c(-c4ccccc4)c(-c4ccccc4)nn3C2=O)cc1.COc1ccc(C2=C(CCl)Cc3c(-c4ccccc4)c(-c4ccccc4)nn3C2=O)cc1.C[Si](C)(C)C#N. The summed E-state index contributed by atoms with van der Waals surface area (Å²) in [4.78, 5) is 27.5. The zero-order chi connectivity index (χ0) is 50.1. The van der Waals surface area contributed by atoms with Gasteiger partial charge >= 0.3 is 0 Å². The Morgan fingerprint density at radius 3 is 1.18 bits per heavy atom. The van der Waals surface area contributed by atoms with Crippen molar-refractivity contribution in [3.8, 4) is 68.0 Å². The van der Waals surface area contributed by atoms with Gasteiger partial charge in [-0.15, -0.1) is 11.6 Å². The second-order valence-electron chi connectivity index (χ2n) is 17.8. The monoisotopic (exact) mass is 970 g/mol. The molecule has 0 N–H and O–H groups in total. The van der Waals surface area contributed by atoms with Gasteiger partial charge in [0.2, 0.25) is 0 Å². The Hall–Kier alpha value is -8.35. The Morgan fingerprint density at radius 2 is 0.859 bits per heavy atom. The summed E-state index contributed by atoms with van der Waals surface area (Å²) in [6.07, 6.45) is 1.21. The lowest BCUT2D eigenvalue weighted by atomic mass is 9.88. The third-order valence-electron chi connectivity index (χ3n) is 12.0. The van der Waals surface area contributed by atoms with Gasteiger partial charge in [-0.1, -0.05) is 165 Å². The molecule has 8 aromatic rings. The van der Waals surface area contributed by atoms with E-state index in [1.165, 1.54) is 4.68 Å². The van der Waals surface area contributed by atoms with Crippen LogP contribution in [-0.2, 0) is 12.8 Å². The van der Waals surface area contributed by atoms with Crippen LogP contribution in [-0.4, -0.2) is 59.5 Å². The molecule has 12 heteroatoms. The van der Waals surface area contributed by atoms with E-state index in [4.69, 9.17) is 36.5 Å². The minimum atomic E-state index is -1.33. The normalized spacial score (nSPS) is 12.8. The molecule has 0 atom stereocenters. The van der Waals surface area contributed by atoms with Gasteiger partial charge in [0, 0.05) is 57.8 Å². The molecule has 0 fully saturated rings. The highest BCUT2D eigenvalue weighted by Crippen LogP contribution is 2.42. The first-order valence-electron chi connectivity index (χ1n) is 23.1. The van der Waals surface area contributed by atoms with E-state index >= 15 is 0 Å². The number of alkyl halides is 1. The van der Waals surface area contributed by atoms with Gasteiger partial charge in [0.05, 0.1) is 38.1 Å². The number of hydrogen-bond donors (Lipinski definition) is 0. The molecule has 0 saturated heterocycles. The Bertz CT molecular complexity index is 3350. The maximum absolute atomic E-state index is 13.8. The minimum Gasteiger partial charge on any atom is -0.497 e. The third kappa shape index (κ3) is 10.6. The Morgan fingerprint density at radius 1 is 0.521 bits per heavy atom. The van der Waals surface area contributed by atoms with Gasteiger partial charge in [-0.3, -0.25) is 9.59 Å². The maximum Gasteiger partial charge on any atom is 0.279 e. The zero-order valence-corrected chi connectivity index (χ0v) is 41.9. The lowest BCUT2D eigenvalue weighted by Gasteiger charge is -2.21. The van der Waals surface area contributed by atoms with E-state index in [1.54, 1.807) is 18.9 Å². The molecule has 10 rings (SSSR count). The number of fused-ring (bicyclic) bond motifs is 2. The zero-order valence-electron chi connectivity index (χ0n) is 40.2. The van der Waals surface area contributed by atoms with E-state index in [2.05, 4.69) is 23.9 Å². The summed E-state index contributed by atoms with van der Waals surface area (Å²) in [5.74, 6) is 1.34. The second kappa shape index (κ2) is 21.9. The number of methoxy groups -OCH3 is 2. The Labute approximate surface area is 420 Å². The van der Waals surface area contributed by atoms with Crippen LogP contribution in [0.25, 0.3) is 55.9 Å². The van der Waals surface area contributed by atoms with E-state index in [0.29, 0.717) is 29.7 Å². The number of aromatic nitrogens is 4. The molecular formula is C59H51ClN6O4Si. The molecule has 6 aromatic carbocycles. The molecule has 2 aliphatic rings. The predicted octanol–water partition coefficient (Wildman–Crippen LogP) is 13.3. The van der Waals surface area contributed by atoms with Crippen LogP contribution >= 0.6 is 11.6 Å². The molecule has 0 bridgehead atoms. The second-order valence-corrected chi connectivity index (χ2v) is 22.8. The highest BCUT2D eigenvalue weighted by Gasteiger charge is 2.34. The summed E-state index contributed by atoms with van der Waals surface area (Å²) in [6.45, 7) is 6.06.